The molecule has 1 aliphatic heterocycles. The summed E-state index contributed by atoms with van der Waals surface area (Å²) < 4.78 is 0. The van der Waals surface area contributed by atoms with Gasteiger partial charge in [-0.1, -0.05) is 25.1 Å². The van der Waals surface area contributed by atoms with Crippen LogP contribution in [-0.4, -0.2) is 18.6 Å². The summed E-state index contributed by atoms with van der Waals surface area (Å²) in [6.45, 7) is 4.35. The molecule has 18 heavy (non-hydrogen) atoms. The van der Waals surface area contributed by atoms with Crippen LogP contribution < -0.4 is 10.6 Å². The number of nitrogens with two attached hydrogens (primary N) is 1. The van der Waals surface area contributed by atoms with Crippen LogP contribution in [0.25, 0.3) is 0 Å². The summed E-state index contributed by atoms with van der Waals surface area (Å²) in [5.41, 5.74) is 9.37. The van der Waals surface area contributed by atoms with Gasteiger partial charge in [0.25, 0.3) is 0 Å². The number of anilines is 1. The molecule has 2 nitrogen and oxygen atoms in total. The molecule has 2 N–H and O–H groups in total. The third-order valence-corrected chi connectivity index (χ3v) is 4.89. The van der Waals surface area contributed by atoms with Crippen molar-refractivity contribution in [3.05, 3.63) is 29.8 Å². The zero-order valence-electron chi connectivity index (χ0n) is 11.4. The highest BCUT2D eigenvalue weighted by Crippen LogP contribution is 2.43. The second-order valence-corrected chi connectivity index (χ2v) is 6.16. The Labute approximate surface area is 110 Å². The number of hydrogen-bond acceptors (Lipinski definition) is 2. The number of benzene rings is 1. The highest BCUT2D eigenvalue weighted by Gasteiger charge is 2.42. The maximum atomic E-state index is 6.18. The molecule has 0 aromatic heterocycles. The topological polar surface area (TPSA) is 29.3 Å². The first-order chi connectivity index (χ1) is 8.75. The highest BCUT2D eigenvalue weighted by atomic mass is 15.2. The first-order valence-corrected chi connectivity index (χ1v) is 7.31. The Morgan fingerprint density at radius 2 is 2.22 bits per heavy atom. The van der Waals surface area contributed by atoms with Gasteiger partial charge < -0.3 is 10.6 Å². The fourth-order valence-corrected chi connectivity index (χ4v) is 3.93. The minimum atomic E-state index is 0.232. The van der Waals surface area contributed by atoms with Crippen LogP contribution in [0.2, 0.25) is 0 Å². The number of para-hydroxylation sites is 1. The zero-order chi connectivity index (χ0) is 12.6. The maximum Gasteiger partial charge on any atom is 0.0526 e. The van der Waals surface area contributed by atoms with Crippen LogP contribution in [0.15, 0.2) is 24.3 Å². The summed E-state index contributed by atoms with van der Waals surface area (Å²) in [5.74, 6) is 0.822. The summed E-state index contributed by atoms with van der Waals surface area (Å²) in [6.07, 6.45) is 6.35. The van der Waals surface area contributed by atoms with Gasteiger partial charge in [-0.2, -0.15) is 0 Å². The van der Waals surface area contributed by atoms with Crippen molar-refractivity contribution in [3.8, 4) is 0 Å². The Balaban J connectivity index is 1.97. The van der Waals surface area contributed by atoms with Crippen molar-refractivity contribution in [2.24, 2.45) is 11.7 Å². The molecule has 2 unspecified atom stereocenters. The van der Waals surface area contributed by atoms with Gasteiger partial charge in [0.1, 0.15) is 0 Å². The molecular formula is C16H24N2. The van der Waals surface area contributed by atoms with Crippen LogP contribution in [0.1, 0.15) is 38.2 Å². The summed E-state index contributed by atoms with van der Waals surface area (Å²) >= 11 is 0. The average molecular weight is 244 g/mol. The van der Waals surface area contributed by atoms with E-state index in [1.54, 1.807) is 0 Å². The van der Waals surface area contributed by atoms with Crippen molar-refractivity contribution >= 4 is 5.69 Å². The fourth-order valence-electron chi connectivity index (χ4n) is 3.93. The Morgan fingerprint density at radius 1 is 1.39 bits per heavy atom. The Hall–Kier alpha value is -1.02. The van der Waals surface area contributed by atoms with Crippen molar-refractivity contribution < 1.29 is 0 Å². The first kappa shape index (κ1) is 12.0. The van der Waals surface area contributed by atoms with Gasteiger partial charge in [-0.3, -0.25) is 0 Å². The number of hydrogen-bond donors (Lipinski definition) is 1. The maximum absolute atomic E-state index is 6.18. The minimum absolute atomic E-state index is 0.232. The Kier molecular flexibility index (Phi) is 3.06. The molecule has 1 aromatic rings. The predicted molar refractivity (Wildman–Crippen MR) is 76.9 cm³/mol. The normalized spacial score (nSPS) is 31.4. The van der Waals surface area contributed by atoms with E-state index in [2.05, 4.69) is 36.1 Å². The van der Waals surface area contributed by atoms with Crippen LogP contribution in [0.4, 0.5) is 5.69 Å². The van der Waals surface area contributed by atoms with Crippen molar-refractivity contribution in [1.82, 2.24) is 0 Å². The van der Waals surface area contributed by atoms with E-state index < -0.39 is 0 Å². The first-order valence-electron chi connectivity index (χ1n) is 7.31. The number of aryl methyl sites for hydroxylation is 1. The molecule has 0 amide bonds. The monoisotopic (exact) mass is 244 g/mol. The van der Waals surface area contributed by atoms with E-state index in [1.807, 2.05) is 0 Å². The second kappa shape index (κ2) is 4.58. The largest absolute Gasteiger partial charge is 0.364 e. The molecule has 98 valence electrons. The van der Waals surface area contributed by atoms with Gasteiger partial charge in [0.2, 0.25) is 0 Å². The van der Waals surface area contributed by atoms with E-state index in [0.717, 1.165) is 12.5 Å². The van der Waals surface area contributed by atoms with Crippen molar-refractivity contribution in [2.45, 2.75) is 44.6 Å². The predicted octanol–water partition coefficient (Wildman–Crippen LogP) is 2.96. The number of fused-ring (bicyclic) bond motifs is 1. The number of rotatable bonds is 2. The van der Waals surface area contributed by atoms with E-state index in [0.29, 0.717) is 0 Å². The van der Waals surface area contributed by atoms with E-state index in [-0.39, 0.29) is 5.54 Å². The fraction of sp³-hybridized carbons (Fsp3) is 0.625. The number of nitrogens with zero attached hydrogens (tertiary/aromatic N) is 1. The molecular weight excluding hydrogens is 220 g/mol. The molecule has 0 saturated heterocycles. The molecule has 0 radical (unpaired) electrons. The summed E-state index contributed by atoms with van der Waals surface area (Å²) in [7, 11) is 0. The quantitative estimate of drug-likeness (QED) is 0.866. The zero-order valence-corrected chi connectivity index (χ0v) is 11.4. The molecule has 0 bridgehead atoms. The minimum Gasteiger partial charge on any atom is -0.364 e. The van der Waals surface area contributed by atoms with E-state index >= 15 is 0 Å². The molecule has 3 rings (SSSR count). The molecule has 0 spiro atoms. The lowest BCUT2D eigenvalue weighted by molar-refractivity contribution is 0.381. The smallest absolute Gasteiger partial charge is 0.0526 e. The molecule has 1 fully saturated rings. The lowest BCUT2D eigenvalue weighted by atomic mass is 9.89. The third-order valence-electron chi connectivity index (χ3n) is 4.89. The van der Waals surface area contributed by atoms with Gasteiger partial charge in [0.15, 0.2) is 0 Å². The van der Waals surface area contributed by atoms with E-state index in [9.17, 15) is 0 Å². The van der Waals surface area contributed by atoms with Crippen molar-refractivity contribution in [1.29, 1.82) is 0 Å². The van der Waals surface area contributed by atoms with Gasteiger partial charge in [-0.25, -0.2) is 0 Å². The van der Waals surface area contributed by atoms with Crippen LogP contribution in [0.3, 0.4) is 0 Å². The van der Waals surface area contributed by atoms with E-state index in [1.165, 1.54) is 49.9 Å². The SMILES string of the molecule is CC1CCC(CN)(N2CCCc3ccccc32)C1. The standard InChI is InChI=1S/C16H24N2/c1-13-8-9-16(11-13,12-17)18-10-4-6-14-5-2-3-7-15(14)18/h2-3,5,7,13H,4,6,8-12,17H2,1H3. The molecule has 2 atom stereocenters. The Bertz CT molecular complexity index is 429. The summed E-state index contributed by atoms with van der Waals surface area (Å²) in [5, 5.41) is 0. The Morgan fingerprint density at radius 3 is 2.94 bits per heavy atom. The van der Waals surface area contributed by atoms with E-state index in [4.69, 9.17) is 5.73 Å². The molecule has 2 aliphatic rings. The lowest BCUT2D eigenvalue weighted by Gasteiger charge is -2.45. The van der Waals surface area contributed by atoms with Gasteiger partial charge in [0.05, 0.1) is 5.54 Å². The molecule has 1 heterocycles. The van der Waals surface area contributed by atoms with Gasteiger partial charge in [-0.15, -0.1) is 0 Å². The second-order valence-electron chi connectivity index (χ2n) is 6.16. The van der Waals surface area contributed by atoms with Crippen molar-refractivity contribution in [3.63, 3.8) is 0 Å². The summed E-state index contributed by atoms with van der Waals surface area (Å²) in [6, 6.07) is 8.90. The molecule has 1 aromatic carbocycles. The highest BCUT2D eigenvalue weighted by molar-refractivity contribution is 5.58. The summed E-state index contributed by atoms with van der Waals surface area (Å²) in [4.78, 5) is 2.63. The molecule has 1 saturated carbocycles. The lowest BCUT2D eigenvalue weighted by Crippen LogP contribution is -2.54. The van der Waals surface area contributed by atoms with Crippen LogP contribution >= 0.6 is 0 Å². The molecule has 1 aliphatic carbocycles. The van der Waals surface area contributed by atoms with Gasteiger partial charge in [-0.05, 0) is 49.7 Å². The van der Waals surface area contributed by atoms with Crippen molar-refractivity contribution in [2.75, 3.05) is 18.0 Å². The van der Waals surface area contributed by atoms with Crippen LogP contribution in [-0.2, 0) is 6.42 Å². The van der Waals surface area contributed by atoms with Gasteiger partial charge >= 0.3 is 0 Å². The average Bonchev–Trinajstić information content (AvgIpc) is 2.81. The third kappa shape index (κ3) is 1.83. The molecule has 2 heteroatoms. The van der Waals surface area contributed by atoms with Crippen LogP contribution in [0.5, 0.6) is 0 Å². The van der Waals surface area contributed by atoms with Crippen LogP contribution in [0, 0.1) is 5.92 Å². The van der Waals surface area contributed by atoms with Gasteiger partial charge in [0, 0.05) is 18.8 Å².